The van der Waals surface area contributed by atoms with Gasteiger partial charge in [-0.3, -0.25) is 0 Å². The highest BCUT2D eigenvalue weighted by Gasteiger charge is 2.36. The highest BCUT2D eigenvalue weighted by atomic mass is 35.5. The van der Waals surface area contributed by atoms with Crippen molar-refractivity contribution in [1.82, 2.24) is 9.21 Å². The third-order valence-corrected chi connectivity index (χ3v) is 7.43. The van der Waals surface area contributed by atoms with E-state index in [9.17, 15) is 8.42 Å². The van der Waals surface area contributed by atoms with Crippen molar-refractivity contribution in [2.75, 3.05) is 26.7 Å². The molecule has 0 aromatic heterocycles. The first-order valence-corrected chi connectivity index (χ1v) is 10.7. The minimum absolute atomic E-state index is 0.218. The van der Waals surface area contributed by atoms with Crippen molar-refractivity contribution in [2.45, 2.75) is 10.9 Å². The number of sulfonamides is 1. The van der Waals surface area contributed by atoms with Crippen LogP contribution in [-0.4, -0.2) is 44.3 Å². The monoisotopic (exact) mass is 400 g/mol. The van der Waals surface area contributed by atoms with Gasteiger partial charge in [-0.15, -0.1) is 0 Å². The first-order valence-electron chi connectivity index (χ1n) is 8.91. The summed E-state index contributed by atoms with van der Waals surface area (Å²) in [5.74, 6) is 0. The largest absolute Gasteiger partial charge is 0.303 e. The summed E-state index contributed by atoms with van der Waals surface area (Å²) >= 11 is 6.29. The second-order valence-electron chi connectivity index (χ2n) is 6.90. The molecule has 6 heteroatoms. The van der Waals surface area contributed by atoms with Gasteiger partial charge in [-0.1, -0.05) is 66.2 Å². The smallest absolute Gasteiger partial charge is 0.244 e. The van der Waals surface area contributed by atoms with Crippen molar-refractivity contribution in [3.05, 3.63) is 77.3 Å². The van der Waals surface area contributed by atoms with Crippen molar-refractivity contribution in [2.24, 2.45) is 0 Å². The molecule has 3 aromatic carbocycles. The van der Waals surface area contributed by atoms with E-state index >= 15 is 0 Å². The van der Waals surface area contributed by atoms with E-state index in [1.807, 2.05) is 61.6 Å². The summed E-state index contributed by atoms with van der Waals surface area (Å²) in [4.78, 5) is 2.48. The minimum atomic E-state index is -3.68. The lowest BCUT2D eigenvalue weighted by Crippen LogP contribution is -2.49. The maximum Gasteiger partial charge on any atom is 0.244 e. The van der Waals surface area contributed by atoms with E-state index in [1.54, 1.807) is 16.4 Å². The van der Waals surface area contributed by atoms with Crippen LogP contribution in [0.3, 0.4) is 0 Å². The molecule has 1 fully saturated rings. The van der Waals surface area contributed by atoms with Gasteiger partial charge in [0.2, 0.25) is 10.0 Å². The Kier molecular flexibility index (Phi) is 4.95. The van der Waals surface area contributed by atoms with E-state index in [4.69, 9.17) is 11.6 Å². The molecule has 0 spiro atoms. The van der Waals surface area contributed by atoms with Crippen molar-refractivity contribution in [1.29, 1.82) is 0 Å². The number of hydrogen-bond donors (Lipinski definition) is 0. The van der Waals surface area contributed by atoms with Gasteiger partial charge in [0.1, 0.15) is 0 Å². The van der Waals surface area contributed by atoms with Gasteiger partial charge in [0.15, 0.2) is 0 Å². The van der Waals surface area contributed by atoms with Crippen molar-refractivity contribution in [3.63, 3.8) is 0 Å². The zero-order chi connectivity index (χ0) is 19.0. The number of halogens is 1. The molecular weight excluding hydrogens is 380 g/mol. The molecule has 1 unspecified atom stereocenters. The second kappa shape index (κ2) is 7.24. The summed E-state index contributed by atoms with van der Waals surface area (Å²) in [5, 5.41) is 1.98. The summed E-state index contributed by atoms with van der Waals surface area (Å²) < 4.78 is 29.0. The molecule has 0 aliphatic carbocycles. The number of benzene rings is 3. The highest BCUT2D eigenvalue weighted by molar-refractivity contribution is 7.89. The Morgan fingerprint density at radius 2 is 1.56 bits per heavy atom. The molecule has 1 aliphatic rings. The average Bonchev–Trinajstić information content (AvgIpc) is 2.68. The van der Waals surface area contributed by atoms with Gasteiger partial charge in [0.25, 0.3) is 0 Å². The standard InChI is InChI=1S/C21H21ClN2O2S/c1-23-13-14-24(20(15-23)16-7-3-2-4-8-16)27(25,26)21-12-11-19(22)17-9-5-6-10-18(17)21/h2-12,20H,13-15H2,1H3. The van der Waals surface area contributed by atoms with Crippen LogP contribution in [0.5, 0.6) is 0 Å². The van der Waals surface area contributed by atoms with Gasteiger partial charge >= 0.3 is 0 Å². The summed E-state index contributed by atoms with van der Waals surface area (Å²) in [7, 11) is -1.65. The van der Waals surface area contributed by atoms with Crippen LogP contribution in [0.15, 0.2) is 71.6 Å². The Labute approximate surface area is 165 Å². The Morgan fingerprint density at radius 1 is 0.889 bits per heavy atom. The topological polar surface area (TPSA) is 40.6 Å². The van der Waals surface area contributed by atoms with Crippen LogP contribution in [0, 0.1) is 0 Å². The zero-order valence-corrected chi connectivity index (χ0v) is 16.6. The fourth-order valence-corrected chi connectivity index (χ4v) is 5.74. The predicted octanol–water partition coefficient (Wildman–Crippen LogP) is 4.17. The van der Waals surface area contributed by atoms with E-state index in [-0.39, 0.29) is 6.04 Å². The lowest BCUT2D eigenvalue weighted by Gasteiger charge is -2.39. The maximum atomic E-state index is 13.7. The molecule has 1 heterocycles. The summed E-state index contributed by atoms with van der Waals surface area (Å²) in [6.45, 7) is 1.82. The molecule has 0 N–H and O–H groups in total. The second-order valence-corrected chi connectivity index (χ2v) is 9.16. The van der Waals surface area contributed by atoms with Crippen LogP contribution in [0.4, 0.5) is 0 Å². The molecule has 0 saturated carbocycles. The number of nitrogens with zero attached hydrogens (tertiary/aromatic N) is 2. The van der Waals surface area contributed by atoms with Crippen LogP contribution in [-0.2, 0) is 10.0 Å². The maximum absolute atomic E-state index is 13.7. The molecule has 0 amide bonds. The van der Waals surface area contributed by atoms with Crippen LogP contribution in [0.2, 0.25) is 5.02 Å². The minimum Gasteiger partial charge on any atom is -0.303 e. The number of hydrogen-bond acceptors (Lipinski definition) is 3. The van der Waals surface area contributed by atoms with Crippen molar-refractivity contribution >= 4 is 32.4 Å². The lowest BCUT2D eigenvalue weighted by molar-refractivity contribution is 0.161. The van der Waals surface area contributed by atoms with Gasteiger partial charge in [-0.05, 0) is 24.7 Å². The van der Waals surface area contributed by atoms with Crippen LogP contribution < -0.4 is 0 Å². The fraction of sp³-hybridized carbons (Fsp3) is 0.238. The van der Waals surface area contributed by atoms with Crippen LogP contribution >= 0.6 is 11.6 Å². The van der Waals surface area contributed by atoms with E-state index < -0.39 is 10.0 Å². The molecule has 3 aromatic rings. The SMILES string of the molecule is CN1CCN(S(=O)(=O)c2ccc(Cl)c3ccccc23)C(c2ccccc2)C1. The summed E-state index contributed by atoms with van der Waals surface area (Å²) in [6, 6.07) is 20.3. The average molecular weight is 401 g/mol. The highest BCUT2D eigenvalue weighted by Crippen LogP contribution is 2.35. The molecule has 27 heavy (non-hydrogen) atoms. The van der Waals surface area contributed by atoms with E-state index in [0.29, 0.717) is 34.9 Å². The molecule has 4 nitrogen and oxygen atoms in total. The molecule has 0 bridgehead atoms. The number of fused-ring (bicyclic) bond motifs is 1. The summed E-state index contributed by atoms with van der Waals surface area (Å²) in [6.07, 6.45) is 0. The summed E-state index contributed by atoms with van der Waals surface area (Å²) in [5.41, 5.74) is 1.01. The molecular formula is C21H21ClN2O2S. The molecule has 4 rings (SSSR count). The lowest BCUT2D eigenvalue weighted by atomic mass is 10.1. The Bertz CT molecular complexity index is 1070. The van der Waals surface area contributed by atoms with E-state index in [0.717, 1.165) is 10.9 Å². The van der Waals surface area contributed by atoms with E-state index in [2.05, 4.69) is 4.90 Å². The van der Waals surface area contributed by atoms with Gasteiger partial charge in [0, 0.05) is 35.4 Å². The van der Waals surface area contributed by atoms with Gasteiger partial charge in [0.05, 0.1) is 10.9 Å². The number of likely N-dealkylation sites (N-methyl/N-ethyl adjacent to an activating group) is 1. The molecule has 0 radical (unpaired) electrons. The number of rotatable bonds is 3. The Morgan fingerprint density at radius 3 is 2.30 bits per heavy atom. The molecule has 1 atom stereocenters. The predicted molar refractivity (Wildman–Crippen MR) is 110 cm³/mol. The van der Waals surface area contributed by atoms with E-state index in [1.165, 1.54) is 0 Å². The third kappa shape index (κ3) is 3.36. The number of piperazine rings is 1. The van der Waals surface area contributed by atoms with Crippen molar-refractivity contribution in [3.8, 4) is 0 Å². The van der Waals surface area contributed by atoms with Crippen LogP contribution in [0.25, 0.3) is 10.8 Å². The van der Waals surface area contributed by atoms with Gasteiger partial charge in [-0.25, -0.2) is 8.42 Å². The zero-order valence-electron chi connectivity index (χ0n) is 15.0. The quantitative estimate of drug-likeness (QED) is 0.662. The Hall–Kier alpha value is -1.92. The molecule has 140 valence electrons. The van der Waals surface area contributed by atoms with Crippen molar-refractivity contribution < 1.29 is 8.42 Å². The van der Waals surface area contributed by atoms with Gasteiger partial charge in [-0.2, -0.15) is 4.31 Å². The van der Waals surface area contributed by atoms with Crippen LogP contribution in [0.1, 0.15) is 11.6 Å². The molecule has 1 aliphatic heterocycles. The normalized spacial score (nSPS) is 19.4. The third-order valence-electron chi connectivity index (χ3n) is 5.14. The first-order chi connectivity index (χ1) is 13.0. The molecule has 1 saturated heterocycles. The fourth-order valence-electron chi connectivity index (χ4n) is 3.72. The first kappa shape index (κ1) is 18.4. The Balaban J connectivity index is 1.84. The van der Waals surface area contributed by atoms with Gasteiger partial charge < -0.3 is 4.90 Å².